The molecule has 0 aliphatic carbocycles. The van der Waals surface area contributed by atoms with Crippen LogP contribution < -0.4 is 10.6 Å². The van der Waals surface area contributed by atoms with Gasteiger partial charge in [-0.15, -0.1) is 0 Å². The Bertz CT molecular complexity index is 429. The van der Waals surface area contributed by atoms with E-state index in [1.54, 1.807) is 0 Å². The molecule has 110 valence electrons. The van der Waals surface area contributed by atoms with E-state index in [-0.39, 0.29) is 12.5 Å². The molecule has 0 aliphatic heterocycles. The normalized spacial score (nSPS) is 10.1. The second kappa shape index (κ2) is 8.96. The van der Waals surface area contributed by atoms with Crippen LogP contribution in [-0.2, 0) is 11.2 Å². The Morgan fingerprint density at radius 3 is 2.45 bits per heavy atom. The molecule has 0 aliphatic rings. The molecule has 0 spiro atoms. The summed E-state index contributed by atoms with van der Waals surface area (Å²) in [6, 6.07) is 7.52. The zero-order chi connectivity index (χ0) is 14.8. The maximum atomic E-state index is 11.6. The molecule has 1 aromatic rings. The molecule has 3 N–H and O–H groups in total. The van der Waals surface area contributed by atoms with Crippen LogP contribution in [0.4, 0.5) is 10.5 Å². The summed E-state index contributed by atoms with van der Waals surface area (Å²) in [6.07, 6.45) is 3.51. The molecular formula is C15H22N2O3. The molecule has 0 fully saturated rings. The number of nitrogens with one attached hydrogen (secondary N) is 2. The molecule has 0 radical (unpaired) electrons. The molecule has 0 bridgehead atoms. The summed E-state index contributed by atoms with van der Waals surface area (Å²) >= 11 is 0. The van der Waals surface area contributed by atoms with Crippen molar-refractivity contribution in [2.24, 2.45) is 0 Å². The summed E-state index contributed by atoms with van der Waals surface area (Å²) in [7, 11) is 0. The molecule has 0 aromatic heterocycles. The van der Waals surface area contributed by atoms with Crippen molar-refractivity contribution in [2.75, 3.05) is 11.9 Å². The number of carboxylic acid groups (broad SMARTS) is 1. The quantitative estimate of drug-likeness (QED) is 0.640. The summed E-state index contributed by atoms with van der Waals surface area (Å²) < 4.78 is 0. The van der Waals surface area contributed by atoms with Crippen molar-refractivity contribution >= 4 is 17.7 Å². The summed E-state index contributed by atoms with van der Waals surface area (Å²) in [5.74, 6) is -0.804. The fourth-order valence-electron chi connectivity index (χ4n) is 1.82. The van der Waals surface area contributed by atoms with Crippen molar-refractivity contribution in [3.8, 4) is 0 Å². The van der Waals surface area contributed by atoms with Gasteiger partial charge < -0.3 is 15.7 Å². The van der Waals surface area contributed by atoms with Crippen LogP contribution in [0.15, 0.2) is 24.3 Å². The third kappa shape index (κ3) is 6.78. The number of carbonyl (C=O) groups excluding carboxylic acids is 1. The number of benzene rings is 1. The molecule has 5 nitrogen and oxygen atoms in total. The molecule has 0 heterocycles. The molecule has 20 heavy (non-hydrogen) atoms. The van der Waals surface area contributed by atoms with E-state index >= 15 is 0 Å². The Labute approximate surface area is 119 Å². The topological polar surface area (TPSA) is 78.4 Å². The van der Waals surface area contributed by atoms with Gasteiger partial charge in [-0.3, -0.25) is 4.79 Å². The molecule has 0 saturated heterocycles. The third-order valence-electron chi connectivity index (χ3n) is 2.85. The zero-order valence-electron chi connectivity index (χ0n) is 11.8. The minimum absolute atomic E-state index is 0.141. The number of amides is 2. The first kappa shape index (κ1) is 16.0. The number of urea groups is 1. The predicted molar refractivity (Wildman–Crippen MR) is 78.9 cm³/mol. The number of hydrogen-bond acceptors (Lipinski definition) is 2. The van der Waals surface area contributed by atoms with E-state index in [0.717, 1.165) is 18.5 Å². The Morgan fingerprint density at radius 2 is 1.85 bits per heavy atom. The van der Waals surface area contributed by atoms with Gasteiger partial charge in [0.1, 0.15) is 0 Å². The van der Waals surface area contributed by atoms with Crippen molar-refractivity contribution in [2.45, 2.75) is 39.0 Å². The van der Waals surface area contributed by atoms with E-state index in [1.807, 2.05) is 24.3 Å². The highest BCUT2D eigenvalue weighted by Gasteiger charge is 2.02. The summed E-state index contributed by atoms with van der Waals surface area (Å²) in [6.45, 7) is 2.61. The minimum atomic E-state index is -0.804. The maximum absolute atomic E-state index is 11.6. The van der Waals surface area contributed by atoms with E-state index in [2.05, 4.69) is 17.6 Å². The van der Waals surface area contributed by atoms with Crippen LogP contribution >= 0.6 is 0 Å². The maximum Gasteiger partial charge on any atom is 0.319 e. The van der Waals surface area contributed by atoms with Gasteiger partial charge in [-0.1, -0.05) is 25.5 Å². The van der Waals surface area contributed by atoms with Crippen LogP contribution in [0.1, 0.15) is 38.2 Å². The second-order valence-corrected chi connectivity index (χ2v) is 4.68. The Morgan fingerprint density at radius 1 is 1.15 bits per heavy atom. The van der Waals surface area contributed by atoms with Crippen LogP contribution in [0.2, 0.25) is 0 Å². The fraction of sp³-hybridized carbons (Fsp3) is 0.467. The molecule has 0 atom stereocenters. The Balaban J connectivity index is 2.22. The van der Waals surface area contributed by atoms with Crippen molar-refractivity contribution in [3.05, 3.63) is 29.8 Å². The van der Waals surface area contributed by atoms with Gasteiger partial charge in [0.15, 0.2) is 0 Å². The van der Waals surface area contributed by atoms with Gasteiger partial charge in [0, 0.05) is 18.7 Å². The van der Waals surface area contributed by atoms with Crippen molar-refractivity contribution in [1.82, 2.24) is 5.32 Å². The van der Waals surface area contributed by atoms with E-state index < -0.39 is 5.97 Å². The lowest BCUT2D eigenvalue weighted by molar-refractivity contribution is -0.137. The lowest BCUT2D eigenvalue weighted by atomic mass is 10.1. The average molecular weight is 278 g/mol. The number of aliphatic carboxylic acids is 1. The molecule has 0 saturated carbocycles. The van der Waals surface area contributed by atoms with Crippen molar-refractivity contribution < 1.29 is 14.7 Å². The van der Waals surface area contributed by atoms with Gasteiger partial charge in [0.2, 0.25) is 0 Å². The van der Waals surface area contributed by atoms with E-state index in [1.165, 1.54) is 5.56 Å². The molecule has 0 unspecified atom stereocenters. The molecule has 1 rings (SSSR count). The van der Waals surface area contributed by atoms with Crippen LogP contribution in [0, 0.1) is 0 Å². The average Bonchev–Trinajstić information content (AvgIpc) is 2.40. The standard InChI is InChI=1S/C15H22N2O3/c1-2-5-12-7-9-13(10-8-12)17-15(20)16-11-4-3-6-14(18)19/h7-10H,2-6,11H2,1H3,(H,18,19)(H2,16,17,20). The van der Waals surface area contributed by atoms with Crippen LogP contribution in [0.25, 0.3) is 0 Å². The van der Waals surface area contributed by atoms with Gasteiger partial charge in [-0.2, -0.15) is 0 Å². The predicted octanol–water partition coefficient (Wildman–Crippen LogP) is 3.02. The van der Waals surface area contributed by atoms with E-state index in [0.29, 0.717) is 19.4 Å². The summed E-state index contributed by atoms with van der Waals surface area (Å²) in [4.78, 5) is 21.9. The first-order valence-electron chi connectivity index (χ1n) is 6.97. The SMILES string of the molecule is CCCc1ccc(NC(=O)NCCCCC(=O)O)cc1. The number of rotatable bonds is 8. The van der Waals surface area contributed by atoms with Crippen LogP contribution in [0.5, 0.6) is 0 Å². The highest BCUT2D eigenvalue weighted by atomic mass is 16.4. The van der Waals surface area contributed by atoms with Gasteiger partial charge in [0.05, 0.1) is 0 Å². The fourth-order valence-corrected chi connectivity index (χ4v) is 1.82. The lowest BCUT2D eigenvalue weighted by Gasteiger charge is -2.08. The summed E-state index contributed by atoms with van der Waals surface area (Å²) in [5.41, 5.74) is 2.01. The van der Waals surface area contributed by atoms with Gasteiger partial charge >= 0.3 is 12.0 Å². The minimum Gasteiger partial charge on any atom is -0.481 e. The second-order valence-electron chi connectivity index (χ2n) is 4.68. The van der Waals surface area contributed by atoms with E-state index in [9.17, 15) is 9.59 Å². The first-order chi connectivity index (χ1) is 9.61. The Hall–Kier alpha value is -2.04. The van der Waals surface area contributed by atoms with Crippen molar-refractivity contribution in [3.63, 3.8) is 0 Å². The first-order valence-corrected chi connectivity index (χ1v) is 6.97. The lowest BCUT2D eigenvalue weighted by Crippen LogP contribution is -2.29. The number of anilines is 1. The molecule has 2 amide bonds. The summed E-state index contributed by atoms with van der Waals surface area (Å²) in [5, 5.41) is 13.9. The monoisotopic (exact) mass is 278 g/mol. The number of carbonyl (C=O) groups is 2. The largest absolute Gasteiger partial charge is 0.481 e. The van der Waals surface area contributed by atoms with E-state index in [4.69, 9.17) is 5.11 Å². The van der Waals surface area contributed by atoms with Gasteiger partial charge in [-0.25, -0.2) is 4.79 Å². The molecular weight excluding hydrogens is 256 g/mol. The molecule has 1 aromatic carbocycles. The number of carboxylic acids is 1. The molecule has 5 heteroatoms. The van der Waals surface area contributed by atoms with Gasteiger partial charge in [-0.05, 0) is 37.0 Å². The third-order valence-corrected chi connectivity index (χ3v) is 2.85. The highest BCUT2D eigenvalue weighted by Crippen LogP contribution is 2.10. The van der Waals surface area contributed by atoms with Crippen LogP contribution in [0.3, 0.4) is 0 Å². The number of hydrogen-bond donors (Lipinski definition) is 3. The number of aryl methyl sites for hydroxylation is 1. The zero-order valence-corrected chi connectivity index (χ0v) is 11.8. The van der Waals surface area contributed by atoms with Crippen LogP contribution in [-0.4, -0.2) is 23.7 Å². The van der Waals surface area contributed by atoms with Crippen molar-refractivity contribution in [1.29, 1.82) is 0 Å². The number of unbranched alkanes of at least 4 members (excludes halogenated alkanes) is 1. The Kier molecular flexibility index (Phi) is 7.17. The highest BCUT2D eigenvalue weighted by molar-refractivity contribution is 5.89. The van der Waals surface area contributed by atoms with Gasteiger partial charge in [0.25, 0.3) is 0 Å². The smallest absolute Gasteiger partial charge is 0.319 e.